The van der Waals surface area contributed by atoms with Gasteiger partial charge in [0.2, 0.25) is 0 Å². The van der Waals surface area contributed by atoms with Gasteiger partial charge in [0, 0.05) is 42.5 Å². The number of carbonyl (C=O) groups excluding carboxylic acids is 1. The molecule has 0 radical (unpaired) electrons. The summed E-state index contributed by atoms with van der Waals surface area (Å²) in [6.45, 7) is 1.52. The lowest BCUT2D eigenvalue weighted by molar-refractivity contribution is 0.0951. The van der Waals surface area contributed by atoms with Crippen molar-refractivity contribution in [2.24, 2.45) is 0 Å². The molecule has 3 aromatic rings. The molecule has 27 heavy (non-hydrogen) atoms. The maximum Gasteiger partial charge on any atom is 0.251 e. The molecule has 0 bridgehead atoms. The number of amides is 1. The second kappa shape index (κ2) is 7.74. The van der Waals surface area contributed by atoms with Gasteiger partial charge in [-0.3, -0.25) is 9.78 Å². The Morgan fingerprint density at radius 2 is 1.78 bits per heavy atom. The molecule has 4 rings (SSSR count). The minimum atomic E-state index is -0.167. The first-order valence-corrected chi connectivity index (χ1v) is 8.58. The van der Waals surface area contributed by atoms with Crippen LogP contribution in [0.2, 0.25) is 0 Å². The van der Waals surface area contributed by atoms with Crippen molar-refractivity contribution in [3.8, 4) is 11.5 Å². The highest BCUT2D eigenvalue weighted by Crippen LogP contribution is 2.33. The lowest BCUT2D eigenvalue weighted by atomic mass is 10.2. The Bertz CT molecular complexity index is 947. The summed E-state index contributed by atoms with van der Waals surface area (Å²) in [7, 11) is 0. The summed E-state index contributed by atoms with van der Waals surface area (Å²) in [5, 5.41) is 6.08. The van der Waals surface area contributed by atoms with E-state index in [2.05, 4.69) is 20.6 Å². The van der Waals surface area contributed by atoms with Crippen LogP contribution in [0.15, 0.2) is 61.1 Å². The SMILES string of the molecule is O=C(NCc1ccncc1)c1ccnc(Nc2ccc3c(c2)OCCO3)c1. The maximum atomic E-state index is 12.4. The minimum absolute atomic E-state index is 0.167. The molecule has 1 aromatic carbocycles. The van der Waals surface area contributed by atoms with Gasteiger partial charge < -0.3 is 20.1 Å². The van der Waals surface area contributed by atoms with E-state index in [0.717, 1.165) is 17.0 Å². The zero-order valence-corrected chi connectivity index (χ0v) is 14.5. The molecule has 7 nitrogen and oxygen atoms in total. The number of hydrogen-bond acceptors (Lipinski definition) is 6. The fraction of sp³-hybridized carbons (Fsp3) is 0.150. The second-order valence-electron chi connectivity index (χ2n) is 5.95. The molecule has 7 heteroatoms. The molecule has 1 aliphatic heterocycles. The number of hydrogen-bond donors (Lipinski definition) is 2. The lowest BCUT2D eigenvalue weighted by Gasteiger charge is -2.19. The Balaban J connectivity index is 1.43. The van der Waals surface area contributed by atoms with Crippen molar-refractivity contribution in [3.05, 3.63) is 72.2 Å². The molecule has 0 spiro atoms. The van der Waals surface area contributed by atoms with Crippen molar-refractivity contribution < 1.29 is 14.3 Å². The van der Waals surface area contributed by atoms with Crippen molar-refractivity contribution >= 4 is 17.4 Å². The molecule has 0 unspecified atom stereocenters. The standard InChI is InChI=1S/C20H18N4O3/c25-20(23-13-14-3-6-21-7-4-14)15-5-8-22-19(11-15)24-16-1-2-17-18(12-16)27-10-9-26-17/h1-8,11-12H,9-10,13H2,(H,22,24)(H,23,25). The topological polar surface area (TPSA) is 85.4 Å². The molecule has 0 fully saturated rings. The Hall–Kier alpha value is -3.61. The van der Waals surface area contributed by atoms with Crippen LogP contribution in [0.3, 0.4) is 0 Å². The van der Waals surface area contributed by atoms with E-state index in [1.54, 1.807) is 30.7 Å². The molecule has 2 N–H and O–H groups in total. The van der Waals surface area contributed by atoms with E-state index in [1.807, 2.05) is 30.3 Å². The second-order valence-corrected chi connectivity index (χ2v) is 5.95. The highest BCUT2D eigenvalue weighted by atomic mass is 16.6. The number of nitrogens with zero attached hydrogens (tertiary/aromatic N) is 2. The molecule has 1 amide bonds. The van der Waals surface area contributed by atoms with Gasteiger partial charge >= 0.3 is 0 Å². The average Bonchev–Trinajstić information content (AvgIpc) is 2.73. The van der Waals surface area contributed by atoms with Crippen molar-refractivity contribution in [2.45, 2.75) is 6.54 Å². The monoisotopic (exact) mass is 362 g/mol. The average molecular weight is 362 g/mol. The van der Waals surface area contributed by atoms with E-state index in [9.17, 15) is 4.79 Å². The Kier molecular flexibility index (Phi) is 4.82. The third-order valence-electron chi connectivity index (χ3n) is 4.04. The quantitative estimate of drug-likeness (QED) is 0.726. The molecule has 0 saturated heterocycles. The van der Waals surface area contributed by atoms with Crippen LogP contribution in [0.25, 0.3) is 0 Å². The molecule has 2 aromatic heterocycles. The number of rotatable bonds is 5. The first-order valence-electron chi connectivity index (χ1n) is 8.58. The third kappa shape index (κ3) is 4.14. The number of carbonyl (C=O) groups is 1. The molecular weight excluding hydrogens is 344 g/mol. The Labute approximate surface area is 156 Å². The van der Waals surface area contributed by atoms with Crippen LogP contribution in [-0.2, 0) is 6.54 Å². The van der Waals surface area contributed by atoms with E-state index < -0.39 is 0 Å². The van der Waals surface area contributed by atoms with E-state index in [-0.39, 0.29) is 5.91 Å². The molecular formula is C20H18N4O3. The summed E-state index contributed by atoms with van der Waals surface area (Å²) in [6, 6.07) is 12.7. The predicted molar refractivity (Wildman–Crippen MR) is 100 cm³/mol. The maximum absolute atomic E-state index is 12.4. The van der Waals surface area contributed by atoms with Crippen LogP contribution in [0.1, 0.15) is 15.9 Å². The van der Waals surface area contributed by atoms with Crippen molar-refractivity contribution in [1.29, 1.82) is 0 Å². The number of pyridine rings is 2. The van der Waals surface area contributed by atoms with Gasteiger partial charge in [-0.05, 0) is 42.0 Å². The fourth-order valence-electron chi connectivity index (χ4n) is 2.69. The first kappa shape index (κ1) is 16.8. The summed E-state index contributed by atoms with van der Waals surface area (Å²) in [5.41, 5.74) is 2.32. The molecule has 3 heterocycles. The van der Waals surface area contributed by atoms with E-state index in [1.165, 1.54) is 0 Å². The first-order chi connectivity index (χ1) is 13.3. The Morgan fingerprint density at radius 1 is 0.963 bits per heavy atom. The van der Waals surface area contributed by atoms with Gasteiger partial charge in [0.1, 0.15) is 19.0 Å². The van der Waals surface area contributed by atoms with Crippen molar-refractivity contribution in [1.82, 2.24) is 15.3 Å². The predicted octanol–water partition coefficient (Wildman–Crippen LogP) is 2.92. The van der Waals surface area contributed by atoms with Crippen LogP contribution in [-0.4, -0.2) is 29.1 Å². The van der Waals surface area contributed by atoms with Gasteiger partial charge in [0.05, 0.1) is 0 Å². The smallest absolute Gasteiger partial charge is 0.251 e. The zero-order valence-electron chi connectivity index (χ0n) is 14.5. The van der Waals surface area contributed by atoms with Crippen molar-refractivity contribution in [3.63, 3.8) is 0 Å². The molecule has 0 atom stereocenters. The largest absolute Gasteiger partial charge is 0.486 e. The van der Waals surface area contributed by atoms with Crippen LogP contribution in [0, 0.1) is 0 Å². The highest BCUT2D eigenvalue weighted by Gasteiger charge is 2.12. The van der Waals surface area contributed by atoms with E-state index >= 15 is 0 Å². The number of anilines is 2. The van der Waals surface area contributed by atoms with Crippen LogP contribution in [0.5, 0.6) is 11.5 Å². The molecule has 136 valence electrons. The van der Waals surface area contributed by atoms with Gasteiger partial charge in [-0.2, -0.15) is 0 Å². The van der Waals surface area contributed by atoms with Gasteiger partial charge in [-0.25, -0.2) is 4.98 Å². The molecule has 0 saturated carbocycles. The van der Waals surface area contributed by atoms with Gasteiger partial charge in [-0.15, -0.1) is 0 Å². The van der Waals surface area contributed by atoms with Crippen LogP contribution >= 0.6 is 0 Å². The Morgan fingerprint density at radius 3 is 2.63 bits per heavy atom. The molecule has 1 aliphatic rings. The number of aromatic nitrogens is 2. The van der Waals surface area contributed by atoms with Crippen LogP contribution < -0.4 is 20.1 Å². The minimum Gasteiger partial charge on any atom is -0.486 e. The molecule has 0 aliphatic carbocycles. The summed E-state index contributed by atoms with van der Waals surface area (Å²) in [4.78, 5) is 20.6. The van der Waals surface area contributed by atoms with E-state index in [0.29, 0.717) is 36.9 Å². The summed E-state index contributed by atoms with van der Waals surface area (Å²) < 4.78 is 11.1. The number of ether oxygens (including phenoxy) is 2. The highest BCUT2D eigenvalue weighted by molar-refractivity contribution is 5.94. The van der Waals surface area contributed by atoms with E-state index in [4.69, 9.17) is 9.47 Å². The third-order valence-corrected chi connectivity index (χ3v) is 4.04. The van der Waals surface area contributed by atoms with Gasteiger partial charge in [0.15, 0.2) is 11.5 Å². The number of fused-ring (bicyclic) bond motifs is 1. The normalized spacial score (nSPS) is 12.3. The fourth-order valence-corrected chi connectivity index (χ4v) is 2.69. The summed E-state index contributed by atoms with van der Waals surface area (Å²) in [6.07, 6.45) is 4.99. The van der Waals surface area contributed by atoms with Crippen LogP contribution in [0.4, 0.5) is 11.5 Å². The number of benzene rings is 1. The van der Waals surface area contributed by atoms with Gasteiger partial charge in [-0.1, -0.05) is 0 Å². The summed E-state index contributed by atoms with van der Waals surface area (Å²) in [5.74, 6) is 1.82. The lowest BCUT2D eigenvalue weighted by Crippen LogP contribution is -2.22. The van der Waals surface area contributed by atoms with Gasteiger partial charge in [0.25, 0.3) is 5.91 Å². The number of nitrogens with one attached hydrogen (secondary N) is 2. The zero-order chi connectivity index (χ0) is 18.5. The van der Waals surface area contributed by atoms with Crippen molar-refractivity contribution in [2.75, 3.05) is 18.5 Å². The summed E-state index contributed by atoms with van der Waals surface area (Å²) >= 11 is 0.